The van der Waals surface area contributed by atoms with Crippen LogP contribution in [0.15, 0.2) is 0 Å². The topological polar surface area (TPSA) is 64.4 Å². The summed E-state index contributed by atoms with van der Waals surface area (Å²) in [5, 5.41) is 3.02. The number of carbonyl (C=O) groups excluding carboxylic acids is 1. The molecule has 0 aromatic carbocycles. The van der Waals surface area contributed by atoms with Gasteiger partial charge < -0.3 is 15.8 Å². The normalized spacial score (nSPS) is 22.9. The Balaban J connectivity index is 0.00000200. The van der Waals surface area contributed by atoms with Gasteiger partial charge in [0.25, 0.3) is 0 Å². The molecular weight excluding hydrogens is 276 g/mol. The first kappa shape index (κ1) is 17.7. The van der Waals surface area contributed by atoms with Crippen molar-refractivity contribution in [2.75, 3.05) is 19.8 Å². The highest BCUT2D eigenvalue weighted by Gasteiger charge is 2.26. The number of hydrogen-bond acceptors (Lipinski definition) is 3. The highest BCUT2D eigenvalue weighted by Crippen LogP contribution is 2.25. The molecule has 1 aliphatic heterocycles. The summed E-state index contributed by atoms with van der Waals surface area (Å²) in [5.74, 6) is 1.14. The highest BCUT2D eigenvalue weighted by molar-refractivity contribution is 5.85. The maximum Gasteiger partial charge on any atom is 0.237 e. The zero-order valence-corrected chi connectivity index (χ0v) is 13.1. The van der Waals surface area contributed by atoms with E-state index < -0.39 is 0 Å². The van der Waals surface area contributed by atoms with E-state index in [-0.39, 0.29) is 24.4 Å². The Labute approximate surface area is 128 Å². The van der Waals surface area contributed by atoms with Crippen LogP contribution in [0.1, 0.15) is 51.4 Å². The standard InChI is InChI=1S/C15H28N2O2.ClH/c16-14(13-7-10-19-11-8-13)15(18)17-9-6-12-4-2-1-3-5-12;/h12-14H,1-11,16H2,(H,17,18);1H. The molecule has 1 saturated carbocycles. The van der Waals surface area contributed by atoms with E-state index in [0.29, 0.717) is 5.92 Å². The number of halogens is 1. The van der Waals surface area contributed by atoms with Crippen molar-refractivity contribution in [2.24, 2.45) is 17.6 Å². The lowest BCUT2D eigenvalue weighted by Crippen LogP contribution is -2.47. The number of hydrogen-bond donors (Lipinski definition) is 2. The maximum atomic E-state index is 12.0. The van der Waals surface area contributed by atoms with Gasteiger partial charge in [0.05, 0.1) is 6.04 Å². The maximum absolute atomic E-state index is 12.0. The van der Waals surface area contributed by atoms with Gasteiger partial charge in [0.15, 0.2) is 0 Å². The minimum atomic E-state index is -0.352. The Morgan fingerprint density at radius 2 is 1.80 bits per heavy atom. The van der Waals surface area contributed by atoms with Crippen molar-refractivity contribution in [2.45, 2.75) is 57.4 Å². The van der Waals surface area contributed by atoms with E-state index in [1.165, 1.54) is 32.1 Å². The van der Waals surface area contributed by atoms with Crippen LogP contribution in [0.4, 0.5) is 0 Å². The molecule has 1 atom stereocenters. The molecule has 1 amide bonds. The fourth-order valence-electron chi connectivity index (χ4n) is 3.28. The Kier molecular flexibility index (Phi) is 8.50. The molecular formula is C15H29ClN2O2. The summed E-state index contributed by atoms with van der Waals surface area (Å²) in [7, 11) is 0. The third kappa shape index (κ3) is 5.58. The summed E-state index contributed by atoms with van der Waals surface area (Å²) >= 11 is 0. The lowest BCUT2D eigenvalue weighted by atomic mass is 9.87. The summed E-state index contributed by atoms with van der Waals surface area (Å²) in [6.45, 7) is 2.28. The Hall–Kier alpha value is -0.320. The van der Waals surface area contributed by atoms with Crippen LogP contribution < -0.4 is 11.1 Å². The van der Waals surface area contributed by atoms with Crippen molar-refractivity contribution >= 4 is 18.3 Å². The van der Waals surface area contributed by atoms with E-state index in [4.69, 9.17) is 10.5 Å². The van der Waals surface area contributed by atoms with E-state index in [2.05, 4.69) is 5.32 Å². The largest absolute Gasteiger partial charge is 0.381 e. The van der Waals surface area contributed by atoms with Crippen LogP contribution in [-0.4, -0.2) is 31.7 Å². The molecule has 5 heteroatoms. The molecule has 3 N–H and O–H groups in total. The van der Waals surface area contributed by atoms with Crippen molar-refractivity contribution in [3.63, 3.8) is 0 Å². The number of ether oxygens (including phenoxy) is 1. The summed E-state index contributed by atoms with van der Waals surface area (Å²) in [6, 6.07) is -0.352. The first-order valence-electron chi connectivity index (χ1n) is 7.88. The van der Waals surface area contributed by atoms with Crippen LogP contribution in [0.25, 0.3) is 0 Å². The molecule has 118 valence electrons. The molecule has 2 fully saturated rings. The second-order valence-corrected chi connectivity index (χ2v) is 6.06. The van der Waals surface area contributed by atoms with E-state index in [1.807, 2.05) is 0 Å². The number of nitrogens with one attached hydrogen (secondary N) is 1. The zero-order chi connectivity index (χ0) is 13.5. The fraction of sp³-hybridized carbons (Fsp3) is 0.933. The molecule has 1 aliphatic carbocycles. The van der Waals surface area contributed by atoms with Crippen molar-refractivity contribution in [1.29, 1.82) is 0 Å². The fourth-order valence-corrected chi connectivity index (χ4v) is 3.28. The molecule has 0 aromatic heterocycles. The zero-order valence-electron chi connectivity index (χ0n) is 12.3. The summed E-state index contributed by atoms with van der Waals surface area (Å²) in [6.07, 6.45) is 9.72. The predicted molar refractivity (Wildman–Crippen MR) is 83.0 cm³/mol. The number of amides is 1. The van der Waals surface area contributed by atoms with Gasteiger partial charge in [-0.3, -0.25) is 4.79 Å². The minimum absolute atomic E-state index is 0. The number of rotatable bonds is 5. The predicted octanol–water partition coefficient (Wildman–Crippen LogP) is 2.25. The SMILES string of the molecule is Cl.NC(C(=O)NCCC1CCCCC1)C1CCOCC1. The Morgan fingerprint density at radius 3 is 2.45 bits per heavy atom. The molecule has 1 unspecified atom stereocenters. The van der Waals surface area contributed by atoms with Gasteiger partial charge in [-0.1, -0.05) is 32.1 Å². The Bertz CT molecular complexity index is 277. The van der Waals surface area contributed by atoms with Crippen LogP contribution >= 0.6 is 12.4 Å². The molecule has 0 spiro atoms. The monoisotopic (exact) mass is 304 g/mol. The van der Waals surface area contributed by atoms with Gasteiger partial charge in [0.2, 0.25) is 5.91 Å². The molecule has 0 aromatic rings. The third-order valence-electron chi connectivity index (χ3n) is 4.65. The molecule has 2 rings (SSSR count). The van der Waals surface area contributed by atoms with Crippen molar-refractivity contribution < 1.29 is 9.53 Å². The van der Waals surface area contributed by atoms with Gasteiger partial charge in [-0.2, -0.15) is 0 Å². The number of nitrogens with two attached hydrogens (primary N) is 1. The van der Waals surface area contributed by atoms with Gasteiger partial charge in [0, 0.05) is 19.8 Å². The molecule has 0 bridgehead atoms. The van der Waals surface area contributed by atoms with Crippen molar-refractivity contribution in [3.05, 3.63) is 0 Å². The minimum Gasteiger partial charge on any atom is -0.381 e. The lowest BCUT2D eigenvalue weighted by molar-refractivity contribution is -0.124. The van der Waals surface area contributed by atoms with Gasteiger partial charge in [-0.15, -0.1) is 12.4 Å². The molecule has 2 aliphatic rings. The average molecular weight is 305 g/mol. The smallest absolute Gasteiger partial charge is 0.237 e. The first-order valence-corrected chi connectivity index (χ1v) is 7.88. The van der Waals surface area contributed by atoms with Crippen molar-refractivity contribution in [3.8, 4) is 0 Å². The van der Waals surface area contributed by atoms with Gasteiger partial charge in [0.1, 0.15) is 0 Å². The van der Waals surface area contributed by atoms with Gasteiger partial charge >= 0.3 is 0 Å². The summed E-state index contributed by atoms with van der Waals surface area (Å²) < 4.78 is 5.30. The second kappa shape index (κ2) is 9.59. The van der Waals surface area contributed by atoms with Crippen LogP contribution in [0.3, 0.4) is 0 Å². The molecule has 0 radical (unpaired) electrons. The first-order chi connectivity index (χ1) is 9.27. The molecule has 1 saturated heterocycles. The van der Waals surface area contributed by atoms with Gasteiger partial charge in [-0.25, -0.2) is 0 Å². The van der Waals surface area contributed by atoms with E-state index >= 15 is 0 Å². The molecule has 20 heavy (non-hydrogen) atoms. The Morgan fingerprint density at radius 1 is 1.15 bits per heavy atom. The lowest BCUT2D eigenvalue weighted by Gasteiger charge is -2.27. The van der Waals surface area contributed by atoms with Crippen LogP contribution in [0, 0.1) is 11.8 Å². The molecule has 1 heterocycles. The second-order valence-electron chi connectivity index (χ2n) is 6.06. The third-order valence-corrected chi connectivity index (χ3v) is 4.65. The van der Waals surface area contributed by atoms with Crippen LogP contribution in [0.5, 0.6) is 0 Å². The van der Waals surface area contributed by atoms with Gasteiger partial charge in [-0.05, 0) is 31.1 Å². The van der Waals surface area contributed by atoms with Crippen molar-refractivity contribution in [1.82, 2.24) is 5.32 Å². The molecule has 4 nitrogen and oxygen atoms in total. The average Bonchev–Trinajstić information content (AvgIpc) is 2.48. The quantitative estimate of drug-likeness (QED) is 0.819. The highest BCUT2D eigenvalue weighted by atomic mass is 35.5. The number of carbonyl (C=O) groups is 1. The van der Waals surface area contributed by atoms with Crippen LogP contribution in [0.2, 0.25) is 0 Å². The summed E-state index contributed by atoms with van der Waals surface area (Å²) in [4.78, 5) is 12.0. The van der Waals surface area contributed by atoms with E-state index in [9.17, 15) is 4.79 Å². The van der Waals surface area contributed by atoms with E-state index in [1.54, 1.807) is 0 Å². The van der Waals surface area contributed by atoms with Crippen LogP contribution in [-0.2, 0) is 9.53 Å². The van der Waals surface area contributed by atoms with E-state index in [0.717, 1.165) is 44.9 Å². The summed E-state index contributed by atoms with van der Waals surface area (Å²) in [5.41, 5.74) is 6.04.